The van der Waals surface area contributed by atoms with Crippen molar-refractivity contribution in [3.63, 3.8) is 0 Å². The Kier molecular flexibility index (Phi) is 8.03. The molecule has 2 aromatic heterocycles. The van der Waals surface area contributed by atoms with E-state index in [1.807, 2.05) is 18.3 Å². The Morgan fingerprint density at radius 1 is 0.491 bits per heavy atom. The van der Waals surface area contributed by atoms with Gasteiger partial charge in [0.05, 0.1) is 11.2 Å². The number of para-hydroxylation sites is 1. The minimum Gasteiger partial charge on any atom is -0.256 e. The molecule has 0 saturated heterocycles. The van der Waals surface area contributed by atoms with Gasteiger partial charge in [-0.3, -0.25) is 4.98 Å². The third-order valence-corrected chi connectivity index (χ3v) is 11.6. The van der Waals surface area contributed by atoms with Gasteiger partial charge in [0.15, 0.2) is 5.82 Å². The SMILES string of the molecule is C1=C[C@H](c2cc(Cc3cc4ccccc4c4ccccc34)nc(-c3ccc(-c4cnc5ccccc5c4)cc3)n2)CC=C1c1cc2ccccc2c2ccccc12. The summed E-state index contributed by atoms with van der Waals surface area (Å²) in [7, 11) is 0. The third kappa shape index (κ3) is 6.05. The molecule has 0 bridgehead atoms. The number of nitrogens with zero attached hydrogens (tertiary/aromatic N) is 3. The molecule has 1 aliphatic rings. The van der Waals surface area contributed by atoms with Crippen LogP contribution in [0.3, 0.4) is 0 Å². The Balaban J connectivity index is 0.984. The maximum absolute atomic E-state index is 5.31. The molecule has 3 heteroatoms. The summed E-state index contributed by atoms with van der Waals surface area (Å²) in [6.07, 6.45) is 10.6. The van der Waals surface area contributed by atoms with Crippen LogP contribution in [0.5, 0.6) is 0 Å². The molecule has 0 saturated carbocycles. The predicted octanol–water partition coefficient (Wildman–Crippen LogP) is 13.7. The molecule has 10 aromatic rings. The Hall–Kier alpha value is -7.23. The van der Waals surface area contributed by atoms with Gasteiger partial charge in [-0.2, -0.15) is 0 Å². The molecular formula is C54H37N3. The zero-order chi connectivity index (χ0) is 37.7. The molecule has 0 aliphatic heterocycles. The molecule has 0 N–H and O–H groups in total. The Labute approximate surface area is 331 Å². The van der Waals surface area contributed by atoms with Crippen molar-refractivity contribution in [2.75, 3.05) is 0 Å². The second-order valence-electron chi connectivity index (χ2n) is 15.1. The van der Waals surface area contributed by atoms with E-state index in [1.165, 1.54) is 59.8 Å². The molecule has 0 fully saturated rings. The molecule has 11 rings (SSSR count). The van der Waals surface area contributed by atoms with Crippen LogP contribution in [0.2, 0.25) is 0 Å². The minimum atomic E-state index is 0.122. The van der Waals surface area contributed by atoms with Gasteiger partial charge in [-0.1, -0.05) is 164 Å². The van der Waals surface area contributed by atoms with E-state index in [1.54, 1.807) is 0 Å². The predicted molar refractivity (Wildman–Crippen MR) is 238 cm³/mol. The van der Waals surface area contributed by atoms with Crippen molar-refractivity contribution >= 4 is 59.6 Å². The van der Waals surface area contributed by atoms with Crippen LogP contribution < -0.4 is 0 Å². The fourth-order valence-electron chi connectivity index (χ4n) is 8.77. The average molecular weight is 728 g/mol. The van der Waals surface area contributed by atoms with Gasteiger partial charge in [0.2, 0.25) is 0 Å². The van der Waals surface area contributed by atoms with Crippen LogP contribution in [-0.4, -0.2) is 15.0 Å². The van der Waals surface area contributed by atoms with Crippen molar-refractivity contribution in [2.24, 2.45) is 0 Å². The Bertz CT molecular complexity index is 3250. The van der Waals surface area contributed by atoms with E-state index in [9.17, 15) is 0 Å². The van der Waals surface area contributed by atoms with Crippen molar-refractivity contribution in [2.45, 2.75) is 18.8 Å². The van der Waals surface area contributed by atoms with Gasteiger partial charge in [0.1, 0.15) is 0 Å². The summed E-state index contributed by atoms with van der Waals surface area (Å²) in [5, 5.41) is 11.3. The van der Waals surface area contributed by atoms with Gasteiger partial charge in [-0.25, -0.2) is 9.97 Å². The summed E-state index contributed by atoms with van der Waals surface area (Å²) in [4.78, 5) is 15.3. The van der Waals surface area contributed by atoms with Crippen LogP contribution in [-0.2, 0) is 6.42 Å². The second kappa shape index (κ2) is 13.8. The molecule has 1 aliphatic carbocycles. The van der Waals surface area contributed by atoms with Crippen molar-refractivity contribution in [3.8, 4) is 22.5 Å². The molecule has 57 heavy (non-hydrogen) atoms. The van der Waals surface area contributed by atoms with E-state index >= 15 is 0 Å². The fraction of sp³-hybridized carbons (Fsp3) is 0.0556. The van der Waals surface area contributed by atoms with Crippen molar-refractivity contribution in [1.29, 1.82) is 0 Å². The van der Waals surface area contributed by atoms with Crippen molar-refractivity contribution < 1.29 is 0 Å². The first-order valence-corrected chi connectivity index (χ1v) is 19.7. The number of rotatable bonds is 6. The summed E-state index contributed by atoms with van der Waals surface area (Å²) in [5.41, 5.74) is 10.1. The Morgan fingerprint density at radius 2 is 1.11 bits per heavy atom. The topological polar surface area (TPSA) is 38.7 Å². The number of benzene rings is 8. The van der Waals surface area contributed by atoms with Gasteiger partial charge in [-0.05, 0) is 96.0 Å². The number of aromatic nitrogens is 3. The normalized spacial score (nSPS) is 14.2. The van der Waals surface area contributed by atoms with E-state index < -0.39 is 0 Å². The molecule has 3 nitrogen and oxygen atoms in total. The van der Waals surface area contributed by atoms with Gasteiger partial charge < -0.3 is 0 Å². The van der Waals surface area contributed by atoms with E-state index in [0.717, 1.165) is 51.2 Å². The highest BCUT2D eigenvalue weighted by atomic mass is 14.9. The quantitative estimate of drug-likeness (QED) is 0.160. The molecule has 268 valence electrons. The van der Waals surface area contributed by atoms with Crippen LogP contribution in [0.4, 0.5) is 0 Å². The molecule has 0 unspecified atom stereocenters. The van der Waals surface area contributed by atoms with Gasteiger partial charge in [0.25, 0.3) is 0 Å². The lowest BCUT2D eigenvalue weighted by Crippen LogP contribution is -2.07. The summed E-state index contributed by atoms with van der Waals surface area (Å²) in [5.74, 6) is 0.872. The zero-order valence-corrected chi connectivity index (χ0v) is 31.3. The average Bonchev–Trinajstić information content (AvgIpc) is 3.28. The van der Waals surface area contributed by atoms with Crippen LogP contribution in [0.25, 0.3) is 82.1 Å². The monoisotopic (exact) mass is 727 g/mol. The van der Waals surface area contributed by atoms with Crippen LogP contribution in [0, 0.1) is 0 Å². The van der Waals surface area contributed by atoms with Gasteiger partial charge >= 0.3 is 0 Å². The first-order valence-electron chi connectivity index (χ1n) is 19.7. The summed E-state index contributed by atoms with van der Waals surface area (Å²) < 4.78 is 0. The second-order valence-corrected chi connectivity index (χ2v) is 15.1. The highest BCUT2D eigenvalue weighted by Gasteiger charge is 2.19. The maximum Gasteiger partial charge on any atom is 0.159 e. The summed E-state index contributed by atoms with van der Waals surface area (Å²) in [6, 6.07) is 60.9. The van der Waals surface area contributed by atoms with Crippen LogP contribution in [0.15, 0.2) is 194 Å². The van der Waals surface area contributed by atoms with E-state index in [0.29, 0.717) is 6.42 Å². The van der Waals surface area contributed by atoms with E-state index in [4.69, 9.17) is 15.0 Å². The molecule has 1 atom stereocenters. The minimum absolute atomic E-state index is 0.122. The number of hydrogen-bond donors (Lipinski definition) is 0. The Morgan fingerprint density at radius 3 is 1.84 bits per heavy atom. The highest BCUT2D eigenvalue weighted by Crippen LogP contribution is 2.38. The number of hydrogen-bond acceptors (Lipinski definition) is 3. The van der Waals surface area contributed by atoms with Crippen molar-refractivity contribution in [3.05, 3.63) is 217 Å². The first-order chi connectivity index (χ1) is 28.2. The van der Waals surface area contributed by atoms with Crippen LogP contribution >= 0.6 is 0 Å². The largest absolute Gasteiger partial charge is 0.256 e. The lowest BCUT2D eigenvalue weighted by Gasteiger charge is -2.19. The molecule has 0 amide bonds. The summed E-state index contributed by atoms with van der Waals surface area (Å²) >= 11 is 0. The first kappa shape index (κ1) is 33.1. The third-order valence-electron chi connectivity index (χ3n) is 11.6. The standard InChI is InChI=1S/C54H37N3/c1-4-14-45-39(11-1)29-42(47-16-6-7-17-48(45)47)31-44-33-53(57-54(56-44)38-27-21-35(22-28-38)43-30-41-13-3-10-20-52(41)55-34-43)37-25-23-36(24-26-37)51-32-40-12-2-5-15-46(40)49-18-8-9-19-50(49)51/h1-25,27-30,32-34,37H,26,31H2/t37-/m0/s1. The molecule has 2 heterocycles. The molecule has 0 radical (unpaired) electrons. The smallest absolute Gasteiger partial charge is 0.159 e. The van der Waals surface area contributed by atoms with Gasteiger partial charge in [0, 0.05) is 40.7 Å². The fourth-order valence-corrected chi connectivity index (χ4v) is 8.77. The highest BCUT2D eigenvalue weighted by molar-refractivity contribution is 6.12. The zero-order valence-electron chi connectivity index (χ0n) is 31.3. The lowest BCUT2D eigenvalue weighted by atomic mass is 9.87. The van der Waals surface area contributed by atoms with Crippen molar-refractivity contribution in [1.82, 2.24) is 15.0 Å². The van der Waals surface area contributed by atoms with Gasteiger partial charge in [-0.15, -0.1) is 0 Å². The lowest BCUT2D eigenvalue weighted by molar-refractivity contribution is 0.805. The molecule has 8 aromatic carbocycles. The van der Waals surface area contributed by atoms with E-state index in [2.05, 4.69) is 176 Å². The summed E-state index contributed by atoms with van der Waals surface area (Å²) in [6.45, 7) is 0. The number of pyridine rings is 1. The molecule has 0 spiro atoms. The van der Waals surface area contributed by atoms with E-state index in [-0.39, 0.29) is 5.92 Å². The molecular weight excluding hydrogens is 691 g/mol. The maximum atomic E-state index is 5.31. The number of fused-ring (bicyclic) bond motifs is 7. The van der Waals surface area contributed by atoms with Crippen LogP contribution in [0.1, 0.15) is 34.9 Å². The number of allylic oxidation sites excluding steroid dienone is 4.